The Morgan fingerprint density at radius 1 is 1.14 bits per heavy atom. The van der Waals surface area contributed by atoms with Crippen molar-refractivity contribution in [2.75, 3.05) is 36.5 Å². The van der Waals surface area contributed by atoms with Crippen LogP contribution in [-0.4, -0.2) is 59.3 Å². The number of aromatic nitrogens is 3. The van der Waals surface area contributed by atoms with Crippen molar-refractivity contribution in [1.29, 1.82) is 0 Å². The van der Waals surface area contributed by atoms with E-state index in [-0.39, 0.29) is 11.7 Å². The molecule has 0 saturated carbocycles. The van der Waals surface area contributed by atoms with Crippen LogP contribution in [-0.2, 0) is 22.4 Å². The number of benzene rings is 2. The highest BCUT2D eigenvalue weighted by Gasteiger charge is 2.44. The number of nitrogens with zero attached hydrogens (tertiary/aromatic N) is 3. The molecule has 2 amide bonds. The molecule has 9 nitrogen and oxygen atoms in total. The molecule has 1 aromatic heterocycles. The quantitative estimate of drug-likeness (QED) is 0.511. The van der Waals surface area contributed by atoms with E-state index in [1.54, 1.807) is 0 Å². The van der Waals surface area contributed by atoms with Gasteiger partial charge in [0.25, 0.3) is 5.91 Å². The van der Waals surface area contributed by atoms with Crippen molar-refractivity contribution >= 4 is 23.2 Å². The fourth-order valence-electron chi connectivity index (χ4n) is 5.44. The van der Waals surface area contributed by atoms with Gasteiger partial charge < -0.3 is 20.3 Å². The normalized spacial score (nSPS) is 20.7. The Morgan fingerprint density at radius 2 is 1.94 bits per heavy atom. The summed E-state index contributed by atoms with van der Waals surface area (Å²) in [6.07, 6.45) is 3.98. The van der Waals surface area contributed by atoms with Gasteiger partial charge in [-0.25, -0.2) is 4.98 Å². The van der Waals surface area contributed by atoms with Gasteiger partial charge in [-0.05, 0) is 48.9 Å². The Bertz CT molecular complexity index is 1260. The predicted molar refractivity (Wildman–Crippen MR) is 135 cm³/mol. The Hall–Kier alpha value is -3.72. The van der Waals surface area contributed by atoms with Gasteiger partial charge in [0.15, 0.2) is 0 Å². The lowest BCUT2D eigenvalue weighted by molar-refractivity contribution is -0.118. The predicted octanol–water partition coefficient (Wildman–Crippen LogP) is 2.70. The van der Waals surface area contributed by atoms with E-state index in [0.717, 1.165) is 61.6 Å². The number of aryl methyl sites for hydroxylation is 1. The number of carbonyl (C=O) groups excluding carboxylic acids is 2. The van der Waals surface area contributed by atoms with E-state index in [4.69, 9.17) is 4.74 Å². The summed E-state index contributed by atoms with van der Waals surface area (Å²) in [7, 11) is 0. The molecule has 0 bridgehead atoms. The lowest BCUT2D eigenvalue weighted by atomic mass is 9.73. The molecule has 0 radical (unpaired) electrons. The zero-order chi connectivity index (χ0) is 24.5. The second kappa shape index (κ2) is 9.39. The largest absolute Gasteiger partial charge is 0.381 e. The number of H-pyrrole nitrogens is 1. The van der Waals surface area contributed by atoms with Crippen LogP contribution in [0.2, 0.25) is 0 Å². The Labute approximate surface area is 209 Å². The highest BCUT2D eigenvalue weighted by molar-refractivity contribution is 6.01. The molecule has 1 spiro atoms. The van der Waals surface area contributed by atoms with E-state index >= 15 is 0 Å². The first-order chi connectivity index (χ1) is 17.6. The molecule has 3 N–H and O–H groups in total. The minimum absolute atomic E-state index is 0.0394. The number of aromatic amines is 1. The van der Waals surface area contributed by atoms with Gasteiger partial charge >= 0.3 is 0 Å². The molecule has 3 aliphatic rings. The van der Waals surface area contributed by atoms with E-state index in [1.165, 1.54) is 0 Å². The van der Waals surface area contributed by atoms with Crippen LogP contribution in [0.4, 0.5) is 11.4 Å². The first-order valence-corrected chi connectivity index (χ1v) is 12.6. The topological polar surface area (TPSA) is 112 Å². The summed E-state index contributed by atoms with van der Waals surface area (Å²) < 4.78 is 5.53. The number of amides is 2. The van der Waals surface area contributed by atoms with Crippen LogP contribution >= 0.6 is 0 Å². The van der Waals surface area contributed by atoms with Crippen molar-refractivity contribution in [1.82, 2.24) is 20.5 Å². The zero-order valence-corrected chi connectivity index (χ0v) is 20.1. The lowest BCUT2D eigenvalue weighted by Crippen LogP contribution is -2.58. The molecule has 186 valence electrons. The van der Waals surface area contributed by atoms with Crippen molar-refractivity contribution in [2.24, 2.45) is 5.41 Å². The average Bonchev–Trinajstić information content (AvgIpc) is 3.29. The minimum atomic E-state index is -0.654. The lowest BCUT2D eigenvalue weighted by Gasteiger charge is -2.53. The van der Waals surface area contributed by atoms with Gasteiger partial charge in [-0.15, -0.1) is 5.10 Å². The van der Waals surface area contributed by atoms with E-state index < -0.39 is 11.9 Å². The van der Waals surface area contributed by atoms with Gasteiger partial charge in [0.05, 0.1) is 0 Å². The van der Waals surface area contributed by atoms with E-state index in [1.807, 2.05) is 30.3 Å². The fraction of sp³-hybridized carbons (Fsp3) is 0.407. The number of carbonyl (C=O) groups is 2. The van der Waals surface area contributed by atoms with Crippen molar-refractivity contribution < 1.29 is 14.3 Å². The van der Waals surface area contributed by atoms with Gasteiger partial charge in [0, 0.05) is 49.5 Å². The summed E-state index contributed by atoms with van der Waals surface area (Å²) in [4.78, 5) is 32.5. The van der Waals surface area contributed by atoms with E-state index in [2.05, 4.69) is 48.9 Å². The molecule has 0 aliphatic carbocycles. The summed E-state index contributed by atoms with van der Waals surface area (Å²) in [5.41, 5.74) is 4.48. The highest BCUT2D eigenvalue weighted by atomic mass is 16.5. The Balaban J connectivity index is 1.08. The van der Waals surface area contributed by atoms with E-state index in [0.29, 0.717) is 30.5 Å². The second-order valence-electron chi connectivity index (χ2n) is 10.1. The number of hydrogen-bond acceptors (Lipinski definition) is 6. The maximum Gasteiger partial charge on any atom is 0.291 e. The third-order valence-corrected chi connectivity index (χ3v) is 7.60. The highest BCUT2D eigenvalue weighted by Crippen LogP contribution is 2.43. The van der Waals surface area contributed by atoms with Crippen molar-refractivity contribution in [3.05, 3.63) is 71.3 Å². The van der Waals surface area contributed by atoms with Crippen molar-refractivity contribution in [3.63, 3.8) is 0 Å². The number of anilines is 2. The van der Waals surface area contributed by atoms with Crippen LogP contribution in [0, 0.1) is 5.41 Å². The molecular weight excluding hydrogens is 456 g/mol. The Morgan fingerprint density at radius 3 is 2.75 bits per heavy atom. The van der Waals surface area contributed by atoms with Crippen LogP contribution in [0.15, 0.2) is 48.5 Å². The molecule has 9 heteroatoms. The number of rotatable bonds is 5. The summed E-state index contributed by atoms with van der Waals surface area (Å²) in [5.74, 6) is -0.0359. The van der Waals surface area contributed by atoms with Crippen LogP contribution in [0.3, 0.4) is 0 Å². The standard InChI is InChI=1S/C27H30N6O3/c34-25-21(28-26(35)24-30-23(31-32-24)14-18-4-2-1-3-5-18)9-7-19-6-8-20(15-22(19)29-25)33-16-27(17-33)10-12-36-13-11-27/h1-6,8,15,21H,7,9-14,16-17H2,(H,28,35)(H,29,34)(H,30,31,32)/t21-/m0/s1. The molecule has 2 fully saturated rings. The SMILES string of the molecule is O=C(N[C@H]1CCc2ccc(N3CC4(CCOCC4)C3)cc2NC1=O)c1n[nH]c(Cc2ccccc2)n1. The number of fused-ring (bicyclic) bond motifs is 1. The molecule has 0 unspecified atom stereocenters. The summed E-state index contributed by atoms with van der Waals surface area (Å²) >= 11 is 0. The molecule has 3 aromatic rings. The maximum absolute atomic E-state index is 13.0. The smallest absolute Gasteiger partial charge is 0.291 e. The first-order valence-electron chi connectivity index (χ1n) is 12.6. The summed E-state index contributed by atoms with van der Waals surface area (Å²) in [6, 6.07) is 15.5. The van der Waals surface area contributed by atoms with Crippen LogP contribution in [0.1, 0.15) is 46.8 Å². The van der Waals surface area contributed by atoms with Crippen LogP contribution < -0.4 is 15.5 Å². The third kappa shape index (κ3) is 4.58. The molecule has 4 heterocycles. The molecule has 1 atom stereocenters. The third-order valence-electron chi connectivity index (χ3n) is 7.60. The van der Waals surface area contributed by atoms with Crippen LogP contribution in [0.5, 0.6) is 0 Å². The van der Waals surface area contributed by atoms with Gasteiger partial charge in [0.2, 0.25) is 11.7 Å². The second-order valence-corrected chi connectivity index (χ2v) is 10.1. The van der Waals surface area contributed by atoms with Gasteiger partial charge in [-0.2, -0.15) is 0 Å². The monoisotopic (exact) mass is 486 g/mol. The minimum Gasteiger partial charge on any atom is -0.381 e. The molecule has 3 aliphatic heterocycles. The molecular formula is C27H30N6O3. The number of nitrogens with one attached hydrogen (secondary N) is 3. The van der Waals surface area contributed by atoms with Gasteiger partial charge in [0.1, 0.15) is 11.9 Å². The first kappa shape index (κ1) is 22.7. The van der Waals surface area contributed by atoms with Gasteiger partial charge in [-0.1, -0.05) is 36.4 Å². The number of hydrogen-bond donors (Lipinski definition) is 3. The summed E-state index contributed by atoms with van der Waals surface area (Å²) in [6.45, 7) is 3.77. The maximum atomic E-state index is 13.0. The molecule has 36 heavy (non-hydrogen) atoms. The van der Waals surface area contributed by atoms with E-state index in [9.17, 15) is 9.59 Å². The summed E-state index contributed by atoms with van der Waals surface area (Å²) in [5, 5.41) is 12.7. The number of ether oxygens (including phenoxy) is 1. The van der Waals surface area contributed by atoms with Gasteiger partial charge in [-0.3, -0.25) is 14.7 Å². The molecule has 6 rings (SSSR count). The molecule has 2 aromatic carbocycles. The average molecular weight is 487 g/mol. The van der Waals surface area contributed by atoms with Crippen LogP contribution in [0.25, 0.3) is 0 Å². The van der Waals surface area contributed by atoms with Crippen molar-refractivity contribution in [3.8, 4) is 0 Å². The van der Waals surface area contributed by atoms with Crippen molar-refractivity contribution in [2.45, 2.75) is 38.1 Å². The fourth-order valence-corrected chi connectivity index (χ4v) is 5.44. The molecule has 2 saturated heterocycles. The Kier molecular flexibility index (Phi) is 5.92. The zero-order valence-electron chi connectivity index (χ0n) is 20.1.